The molecule has 0 radical (unpaired) electrons. The van der Waals surface area contributed by atoms with Gasteiger partial charge in [0, 0.05) is 43.5 Å². The van der Waals surface area contributed by atoms with E-state index in [2.05, 4.69) is 10.2 Å². The second kappa shape index (κ2) is 9.64. The number of hydroxylamine groups is 1. The third-order valence-electron chi connectivity index (χ3n) is 4.50. The standard InChI is InChI=1S/C22H23N3O3/c26-21(19-6-1-2-7-20(19)25-14-12-23-13-15-25)10-8-17-4-3-5-18(16-17)9-11-22(27)24-28/h1-11,16,23,28H,12-15H2,(H,24,27)/b10-8+,11-9+. The van der Waals surface area contributed by atoms with E-state index in [1.807, 2.05) is 48.5 Å². The van der Waals surface area contributed by atoms with Crippen LogP contribution in [0.2, 0.25) is 0 Å². The van der Waals surface area contributed by atoms with Crippen molar-refractivity contribution in [3.05, 3.63) is 77.4 Å². The first-order valence-corrected chi connectivity index (χ1v) is 9.17. The lowest BCUT2D eigenvalue weighted by atomic mass is 10.0. The van der Waals surface area contributed by atoms with Crippen molar-refractivity contribution in [2.75, 3.05) is 31.1 Å². The Balaban J connectivity index is 1.76. The summed E-state index contributed by atoms with van der Waals surface area (Å²) in [4.78, 5) is 26.1. The van der Waals surface area contributed by atoms with Crippen LogP contribution >= 0.6 is 0 Å². The molecule has 0 saturated carbocycles. The van der Waals surface area contributed by atoms with E-state index in [1.54, 1.807) is 23.7 Å². The normalized spacial score (nSPS) is 14.5. The fraction of sp³-hybridized carbons (Fsp3) is 0.182. The summed E-state index contributed by atoms with van der Waals surface area (Å²) in [6.07, 6.45) is 6.16. The number of piperazine rings is 1. The SMILES string of the molecule is O=C(/C=C/c1cccc(/C=C/C(=O)c2ccccc2N2CCNCC2)c1)NO. The molecule has 1 aliphatic rings. The molecular weight excluding hydrogens is 354 g/mol. The molecule has 2 aromatic carbocycles. The Labute approximate surface area is 164 Å². The summed E-state index contributed by atoms with van der Waals surface area (Å²) in [5.41, 5.74) is 4.84. The molecule has 0 aromatic heterocycles. The predicted octanol–water partition coefficient (Wildman–Crippen LogP) is 2.51. The molecule has 1 aliphatic heterocycles. The summed E-state index contributed by atoms with van der Waals surface area (Å²) >= 11 is 0. The summed E-state index contributed by atoms with van der Waals surface area (Å²) < 4.78 is 0. The average molecular weight is 377 g/mol. The van der Waals surface area contributed by atoms with Gasteiger partial charge in [-0.2, -0.15) is 0 Å². The first kappa shape index (κ1) is 19.5. The smallest absolute Gasteiger partial charge is 0.267 e. The van der Waals surface area contributed by atoms with Crippen LogP contribution < -0.4 is 15.7 Å². The van der Waals surface area contributed by atoms with Gasteiger partial charge < -0.3 is 10.2 Å². The fourth-order valence-corrected chi connectivity index (χ4v) is 3.10. The Hall–Kier alpha value is -3.22. The topological polar surface area (TPSA) is 81.7 Å². The Kier molecular flexibility index (Phi) is 6.73. The summed E-state index contributed by atoms with van der Waals surface area (Å²) in [5.74, 6) is -0.643. The van der Waals surface area contributed by atoms with Crippen LogP contribution in [0.5, 0.6) is 0 Å². The average Bonchev–Trinajstić information content (AvgIpc) is 2.76. The van der Waals surface area contributed by atoms with Gasteiger partial charge in [-0.1, -0.05) is 36.4 Å². The predicted molar refractivity (Wildman–Crippen MR) is 110 cm³/mol. The zero-order valence-corrected chi connectivity index (χ0v) is 15.5. The Morgan fingerprint density at radius 2 is 1.64 bits per heavy atom. The summed E-state index contributed by atoms with van der Waals surface area (Å²) in [7, 11) is 0. The van der Waals surface area contributed by atoms with Gasteiger partial charge in [0.25, 0.3) is 5.91 Å². The van der Waals surface area contributed by atoms with Crippen molar-refractivity contribution >= 4 is 29.5 Å². The highest BCUT2D eigenvalue weighted by Crippen LogP contribution is 2.22. The number of benzene rings is 2. The maximum Gasteiger partial charge on any atom is 0.267 e. The van der Waals surface area contributed by atoms with Crippen LogP contribution in [0.1, 0.15) is 21.5 Å². The van der Waals surface area contributed by atoms with Crippen LogP contribution in [0.3, 0.4) is 0 Å². The highest BCUT2D eigenvalue weighted by molar-refractivity contribution is 6.10. The van der Waals surface area contributed by atoms with Crippen LogP contribution in [0, 0.1) is 0 Å². The van der Waals surface area contributed by atoms with Gasteiger partial charge >= 0.3 is 0 Å². The van der Waals surface area contributed by atoms with E-state index in [9.17, 15) is 9.59 Å². The maximum absolute atomic E-state index is 12.8. The lowest BCUT2D eigenvalue weighted by Gasteiger charge is -2.30. The number of ketones is 1. The Morgan fingerprint density at radius 3 is 2.36 bits per heavy atom. The minimum absolute atomic E-state index is 0.0465. The lowest BCUT2D eigenvalue weighted by Crippen LogP contribution is -2.44. The van der Waals surface area contributed by atoms with E-state index in [0.717, 1.165) is 43.0 Å². The molecular formula is C22H23N3O3. The van der Waals surface area contributed by atoms with Crippen molar-refractivity contribution in [1.82, 2.24) is 10.8 Å². The number of amides is 1. The molecule has 0 unspecified atom stereocenters. The van der Waals surface area contributed by atoms with Crippen molar-refractivity contribution in [3.63, 3.8) is 0 Å². The van der Waals surface area contributed by atoms with Crippen molar-refractivity contribution in [2.24, 2.45) is 0 Å². The molecule has 28 heavy (non-hydrogen) atoms. The molecule has 2 aromatic rings. The quantitative estimate of drug-likeness (QED) is 0.312. The minimum atomic E-state index is -0.597. The van der Waals surface area contributed by atoms with Gasteiger partial charge in [-0.15, -0.1) is 0 Å². The van der Waals surface area contributed by atoms with E-state index in [4.69, 9.17) is 5.21 Å². The first-order chi connectivity index (χ1) is 13.7. The molecule has 1 fully saturated rings. The zero-order chi connectivity index (χ0) is 19.8. The second-order valence-electron chi connectivity index (χ2n) is 6.43. The molecule has 1 saturated heterocycles. The summed E-state index contributed by atoms with van der Waals surface area (Å²) in [5, 5.41) is 11.9. The molecule has 0 aliphatic carbocycles. The molecule has 6 nitrogen and oxygen atoms in total. The van der Waals surface area contributed by atoms with E-state index < -0.39 is 5.91 Å². The molecule has 3 N–H and O–H groups in total. The van der Waals surface area contributed by atoms with Crippen LogP contribution in [-0.2, 0) is 4.79 Å². The number of anilines is 1. The van der Waals surface area contributed by atoms with Gasteiger partial charge in [0.15, 0.2) is 5.78 Å². The number of nitrogens with zero attached hydrogens (tertiary/aromatic N) is 1. The van der Waals surface area contributed by atoms with E-state index in [-0.39, 0.29) is 5.78 Å². The molecule has 3 rings (SSSR count). The number of carbonyl (C=O) groups excluding carboxylic acids is 2. The summed E-state index contributed by atoms with van der Waals surface area (Å²) in [6.45, 7) is 3.58. The number of hydrogen-bond acceptors (Lipinski definition) is 5. The van der Waals surface area contributed by atoms with Crippen LogP contribution in [-0.4, -0.2) is 43.1 Å². The molecule has 1 heterocycles. The summed E-state index contributed by atoms with van der Waals surface area (Å²) in [6, 6.07) is 15.1. The van der Waals surface area contributed by atoms with Crippen LogP contribution in [0.4, 0.5) is 5.69 Å². The van der Waals surface area contributed by atoms with Crippen LogP contribution in [0.15, 0.2) is 60.7 Å². The van der Waals surface area contributed by atoms with Crippen molar-refractivity contribution in [2.45, 2.75) is 0 Å². The monoisotopic (exact) mass is 377 g/mol. The largest absolute Gasteiger partial charge is 0.368 e. The van der Waals surface area contributed by atoms with Crippen molar-refractivity contribution in [1.29, 1.82) is 0 Å². The van der Waals surface area contributed by atoms with Gasteiger partial charge in [-0.25, -0.2) is 5.48 Å². The van der Waals surface area contributed by atoms with Crippen molar-refractivity contribution < 1.29 is 14.8 Å². The number of rotatable bonds is 6. The Bertz CT molecular complexity index is 899. The highest BCUT2D eigenvalue weighted by atomic mass is 16.5. The molecule has 1 amide bonds. The Morgan fingerprint density at radius 1 is 0.964 bits per heavy atom. The lowest BCUT2D eigenvalue weighted by molar-refractivity contribution is -0.124. The molecule has 0 bridgehead atoms. The molecule has 144 valence electrons. The van der Waals surface area contributed by atoms with Crippen molar-refractivity contribution in [3.8, 4) is 0 Å². The van der Waals surface area contributed by atoms with Gasteiger partial charge in [0.2, 0.25) is 0 Å². The maximum atomic E-state index is 12.8. The highest BCUT2D eigenvalue weighted by Gasteiger charge is 2.16. The second-order valence-corrected chi connectivity index (χ2v) is 6.43. The fourth-order valence-electron chi connectivity index (χ4n) is 3.10. The third kappa shape index (κ3) is 5.16. The van der Waals surface area contributed by atoms with Gasteiger partial charge in [0.1, 0.15) is 0 Å². The number of nitrogens with one attached hydrogen (secondary N) is 2. The van der Waals surface area contributed by atoms with E-state index in [1.165, 1.54) is 6.08 Å². The van der Waals surface area contributed by atoms with E-state index >= 15 is 0 Å². The molecule has 6 heteroatoms. The number of carbonyl (C=O) groups is 2. The first-order valence-electron chi connectivity index (χ1n) is 9.17. The third-order valence-corrected chi connectivity index (χ3v) is 4.50. The molecule has 0 atom stereocenters. The number of allylic oxidation sites excluding steroid dienone is 1. The van der Waals surface area contributed by atoms with Gasteiger partial charge in [-0.3, -0.25) is 14.8 Å². The van der Waals surface area contributed by atoms with E-state index in [0.29, 0.717) is 5.56 Å². The number of hydrogen-bond donors (Lipinski definition) is 3. The zero-order valence-electron chi connectivity index (χ0n) is 15.5. The van der Waals surface area contributed by atoms with Gasteiger partial charge in [-0.05, 0) is 41.5 Å². The number of para-hydroxylation sites is 1. The molecule has 0 spiro atoms. The van der Waals surface area contributed by atoms with Gasteiger partial charge in [0.05, 0.1) is 0 Å². The minimum Gasteiger partial charge on any atom is -0.368 e. The van der Waals surface area contributed by atoms with Crippen LogP contribution in [0.25, 0.3) is 12.2 Å².